The van der Waals surface area contributed by atoms with Gasteiger partial charge in [0, 0.05) is 0 Å². The molecule has 0 saturated heterocycles. The Bertz CT molecular complexity index is 1440. The largest absolute Gasteiger partial charge is 0.465 e. The number of carbonyl (C=O) groups is 3. The van der Waals surface area contributed by atoms with Crippen LogP contribution < -0.4 is 14.2 Å². The summed E-state index contributed by atoms with van der Waals surface area (Å²) >= 11 is 0. The lowest BCUT2D eigenvalue weighted by Crippen LogP contribution is -2.18. The fraction of sp³-hybridized carbons (Fsp3) is 0.182. The van der Waals surface area contributed by atoms with Gasteiger partial charge in [-0.25, -0.2) is 14.4 Å². The predicted octanol–water partition coefficient (Wildman–Crippen LogP) is 7.35. The Hall–Kier alpha value is -5.31. The first-order chi connectivity index (χ1) is 20.2. The normalized spacial score (nSPS) is 10.4. The highest BCUT2D eigenvalue weighted by Gasteiger charge is 2.39. The van der Waals surface area contributed by atoms with E-state index in [1.807, 2.05) is 18.2 Å². The van der Waals surface area contributed by atoms with Crippen molar-refractivity contribution in [2.75, 3.05) is 21.3 Å². The summed E-state index contributed by atoms with van der Waals surface area (Å²) in [6.45, 7) is 5.38. The topological polar surface area (TPSA) is 107 Å². The van der Waals surface area contributed by atoms with Gasteiger partial charge in [0.05, 0.1) is 21.3 Å². The summed E-state index contributed by atoms with van der Waals surface area (Å²) in [6, 6.07) is 21.0. The average Bonchev–Trinajstić information content (AvgIpc) is 2.99. The predicted molar refractivity (Wildman–Crippen MR) is 154 cm³/mol. The Balaban J connectivity index is 2.21. The van der Waals surface area contributed by atoms with Crippen LogP contribution in [0.15, 0.2) is 72.8 Å². The maximum Gasteiger partial charge on any atom is 0.345 e. The summed E-state index contributed by atoms with van der Waals surface area (Å²) < 4.78 is 34.2. The molecule has 0 aliphatic rings. The zero-order valence-electron chi connectivity index (χ0n) is 24.1. The van der Waals surface area contributed by atoms with Gasteiger partial charge in [0.25, 0.3) is 0 Å². The van der Waals surface area contributed by atoms with Crippen molar-refractivity contribution in [2.24, 2.45) is 0 Å². The molecule has 0 radical (unpaired) electrons. The lowest BCUT2D eigenvalue weighted by molar-refractivity contribution is 0.0584. The van der Waals surface area contributed by atoms with Crippen LogP contribution in [0.4, 0.5) is 0 Å². The maximum atomic E-state index is 13.5. The van der Waals surface area contributed by atoms with E-state index in [4.69, 9.17) is 28.4 Å². The van der Waals surface area contributed by atoms with Gasteiger partial charge in [0.2, 0.25) is 0 Å². The van der Waals surface area contributed by atoms with E-state index >= 15 is 0 Å². The van der Waals surface area contributed by atoms with E-state index in [-0.39, 0.29) is 33.9 Å². The van der Waals surface area contributed by atoms with Gasteiger partial charge in [-0.15, -0.1) is 0 Å². The molecule has 0 atom stereocenters. The molecule has 216 valence electrons. The molecule has 0 aromatic heterocycles. The van der Waals surface area contributed by atoms with Gasteiger partial charge in [-0.3, -0.25) is 0 Å². The summed E-state index contributed by atoms with van der Waals surface area (Å²) in [5.41, 5.74) is 1.06. The molecule has 0 amide bonds. The molecule has 4 aromatic carbocycles. The van der Waals surface area contributed by atoms with E-state index in [0.29, 0.717) is 33.9 Å². The first-order valence-corrected chi connectivity index (χ1v) is 12.9. The molecule has 0 heterocycles. The number of aryl methyl sites for hydroxylation is 3. The number of para-hydroxylation sites is 3. The number of benzene rings is 4. The molecule has 0 aliphatic heterocycles. The zero-order valence-corrected chi connectivity index (χ0v) is 24.1. The Morgan fingerprint density at radius 2 is 0.667 bits per heavy atom. The van der Waals surface area contributed by atoms with Crippen molar-refractivity contribution in [3.63, 3.8) is 0 Å². The number of esters is 3. The van der Waals surface area contributed by atoms with Crippen molar-refractivity contribution in [1.29, 1.82) is 0 Å². The van der Waals surface area contributed by atoms with Crippen LogP contribution in [0.3, 0.4) is 0 Å². The molecular weight excluding hydrogens is 540 g/mol. The Labute approximate surface area is 243 Å². The second kappa shape index (κ2) is 12.9. The van der Waals surface area contributed by atoms with Crippen LogP contribution in [0.2, 0.25) is 0 Å². The quantitative estimate of drug-likeness (QED) is 0.151. The van der Waals surface area contributed by atoms with E-state index in [2.05, 4.69) is 0 Å². The van der Waals surface area contributed by atoms with E-state index in [0.717, 1.165) is 21.3 Å². The Morgan fingerprint density at radius 3 is 0.881 bits per heavy atom. The van der Waals surface area contributed by atoms with Gasteiger partial charge in [-0.1, -0.05) is 54.6 Å². The highest BCUT2D eigenvalue weighted by atomic mass is 16.6. The lowest BCUT2D eigenvalue weighted by Gasteiger charge is -2.24. The molecule has 0 unspecified atom stereocenters. The number of hydrogen-bond donors (Lipinski definition) is 0. The molecule has 42 heavy (non-hydrogen) atoms. The molecule has 0 N–H and O–H groups in total. The van der Waals surface area contributed by atoms with Crippen LogP contribution in [-0.2, 0) is 14.2 Å². The van der Waals surface area contributed by atoms with Crippen LogP contribution >= 0.6 is 0 Å². The maximum absolute atomic E-state index is 13.5. The number of rotatable bonds is 9. The van der Waals surface area contributed by atoms with Crippen molar-refractivity contribution in [1.82, 2.24) is 0 Å². The Kier molecular flexibility index (Phi) is 9.12. The minimum atomic E-state index is -0.945. The van der Waals surface area contributed by atoms with Crippen LogP contribution in [0, 0.1) is 20.8 Å². The zero-order chi connectivity index (χ0) is 30.4. The number of methoxy groups -OCH3 is 3. The first kappa shape index (κ1) is 29.7. The lowest BCUT2D eigenvalue weighted by atomic mass is 9.99. The van der Waals surface area contributed by atoms with E-state index in [1.165, 1.54) is 0 Å². The monoisotopic (exact) mass is 570 g/mol. The summed E-state index contributed by atoms with van der Waals surface area (Å²) in [4.78, 5) is 40.6. The van der Waals surface area contributed by atoms with Gasteiger partial charge in [-0.2, -0.15) is 0 Å². The van der Waals surface area contributed by atoms with Crippen molar-refractivity contribution in [3.8, 4) is 34.5 Å². The van der Waals surface area contributed by atoms with Gasteiger partial charge in [0.1, 0.15) is 33.9 Å². The molecule has 0 aliphatic carbocycles. The molecule has 0 bridgehead atoms. The third kappa shape index (κ3) is 5.90. The van der Waals surface area contributed by atoms with Crippen molar-refractivity contribution in [3.05, 3.63) is 106 Å². The number of carbonyl (C=O) groups excluding carboxylic acids is 3. The van der Waals surface area contributed by atoms with Crippen LogP contribution in [0.25, 0.3) is 0 Å². The molecule has 0 saturated carbocycles. The third-order valence-electron chi connectivity index (χ3n) is 6.45. The SMILES string of the molecule is COC(=O)c1c(Oc2ccccc2C)c(C(=O)OC)c(Oc2ccccc2C)c(C(=O)OC)c1Oc1ccccc1C. The minimum Gasteiger partial charge on any atom is -0.465 e. The summed E-state index contributed by atoms with van der Waals surface area (Å²) in [5.74, 6) is -2.74. The van der Waals surface area contributed by atoms with E-state index < -0.39 is 17.9 Å². The summed E-state index contributed by atoms with van der Waals surface area (Å²) in [5, 5.41) is 0. The molecular formula is C33H30O9. The van der Waals surface area contributed by atoms with Gasteiger partial charge >= 0.3 is 17.9 Å². The molecule has 9 nitrogen and oxygen atoms in total. The van der Waals surface area contributed by atoms with Crippen LogP contribution in [0.5, 0.6) is 34.5 Å². The molecule has 9 heteroatoms. The molecule has 0 spiro atoms. The van der Waals surface area contributed by atoms with Gasteiger partial charge < -0.3 is 28.4 Å². The summed E-state index contributed by atoms with van der Waals surface area (Å²) in [7, 11) is 3.47. The highest BCUT2D eigenvalue weighted by molar-refractivity contribution is 6.11. The van der Waals surface area contributed by atoms with E-state index in [9.17, 15) is 14.4 Å². The first-order valence-electron chi connectivity index (χ1n) is 12.9. The summed E-state index contributed by atoms with van der Waals surface area (Å²) in [6.07, 6.45) is 0. The van der Waals surface area contributed by atoms with Gasteiger partial charge in [-0.05, 0) is 55.7 Å². The van der Waals surface area contributed by atoms with Crippen molar-refractivity contribution in [2.45, 2.75) is 20.8 Å². The van der Waals surface area contributed by atoms with Crippen LogP contribution in [-0.4, -0.2) is 39.2 Å². The number of hydrogen-bond acceptors (Lipinski definition) is 9. The molecule has 0 fully saturated rings. The van der Waals surface area contributed by atoms with Crippen molar-refractivity contribution >= 4 is 17.9 Å². The fourth-order valence-corrected chi connectivity index (χ4v) is 4.20. The standard InChI is InChI=1S/C33H30O9/c1-19-13-7-10-16-22(19)40-28-25(31(34)37-4)29(41-23-17-11-8-14-20(23)2)27(33(36)39-6)30(26(28)32(35)38-5)42-24-18-12-9-15-21(24)3/h7-18H,1-6H3. The minimum absolute atomic E-state index is 0.289. The average molecular weight is 571 g/mol. The van der Waals surface area contributed by atoms with Gasteiger partial charge in [0.15, 0.2) is 17.2 Å². The molecule has 4 rings (SSSR count). The second-order valence-electron chi connectivity index (χ2n) is 9.19. The highest BCUT2D eigenvalue weighted by Crippen LogP contribution is 2.49. The number of ether oxygens (including phenoxy) is 6. The van der Waals surface area contributed by atoms with Crippen molar-refractivity contribution < 1.29 is 42.8 Å². The second-order valence-corrected chi connectivity index (χ2v) is 9.19. The molecule has 4 aromatic rings. The Morgan fingerprint density at radius 1 is 0.429 bits per heavy atom. The smallest absolute Gasteiger partial charge is 0.345 e. The van der Waals surface area contributed by atoms with E-state index in [1.54, 1.807) is 75.4 Å². The third-order valence-corrected chi connectivity index (χ3v) is 6.45. The fourth-order valence-electron chi connectivity index (χ4n) is 4.20. The van der Waals surface area contributed by atoms with Crippen LogP contribution in [0.1, 0.15) is 47.8 Å².